The number of carbonyl (C=O) groups is 2. The number of carbonyl (C=O) groups excluding carboxylic acids is 1. The maximum Gasteiger partial charge on any atom is 0.322 e. The molecular formula is C22H30N2O5. The van der Waals surface area contributed by atoms with Gasteiger partial charge in [-0.25, -0.2) is 0 Å². The maximum atomic E-state index is 12.3. The molecule has 1 fully saturated rings. The lowest BCUT2D eigenvalue weighted by Crippen LogP contribution is -2.48. The van der Waals surface area contributed by atoms with E-state index >= 15 is 0 Å². The molecule has 2 unspecified atom stereocenters. The quantitative estimate of drug-likeness (QED) is 0.735. The van der Waals surface area contributed by atoms with Crippen LogP contribution in [0.5, 0.6) is 5.75 Å². The third-order valence-corrected chi connectivity index (χ3v) is 5.95. The largest absolute Gasteiger partial charge is 0.490 e. The highest BCUT2D eigenvalue weighted by atomic mass is 16.5. The zero-order valence-electron chi connectivity index (χ0n) is 17.5. The van der Waals surface area contributed by atoms with Gasteiger partial charge in [-0.05, 0) is 52.5 Å². The fraction of sp³-hybridized carbons (Fsp3) is 0.591. The number of hydrogen-bond acceptors (Lipinski definition) is 6. The smallest absolute Gasteiger partial charge is 0.322 e. The van der Waals surface area contributed by atoms with Crippen molar-refractivity contribution in [2.75, 3.05) is 7.05 Å². The zero-order valence-corrected chi connectivity index (χ0v) is 17.5. The summed E-state index contributed by atoms with van der Waals surface area (Å²) in [6.07, 6.45) is 4.25. The van der Waals surface area contributed by atoms with E-state index in [0.29, 0.717) is 17.7 Å². The Labute approximate surface area is 171 Å². The summed E-state index contributed by atoms with van der Waals surface area (Å²) in [5.74, 6) is -0.792. The van der Waals surface area contributed by atoms with Gasteiger partial charge in [0.25, 0.3) is 0 Å². The molecule has 1 aliphatic carbocycles. The fourth-order valence-corrected chi connectivity index (χ4v) is 4.21. The number of carboxylic acid groups (broad SMARTS) is 1. The second kappa shape index (κ2) is 8.43. The van der Waals surface area contributed by atoms with Crippen LogP contribution in [-0.2, 0) is 19.7 Å². The molecule has 0 saturated heterocycles. The zero-order chi connectivity index (χ0) is 21.2. The Hall–Kier alpha value is -2.57. The van der Waals surface area contributed by atoms with Gasteiger partial charge in [0.2, 0.25) is 0 Å². The molecule has 1 aliphatic heterocycles. The molecular weight excluding hydrogens is 372 g/mol. The number of rotatable bonds is 6. The minimum absolute atomic E-state index is 0.139. The maximum absolute atomic E-state index is 12.3. The predicted octanol–water partition coefficient (Wildman–Crippen LogP) is 3.22. The average molecular weight is 402 g/mol. The molecule has 1 heterocycles. The highest BCUT2D eigenvalue weighted by Crippen LogP contribution is 2.40. The number of hydrazone groups is 1. The summed E-state index contributed by atoms with van der Waals surface area (Å²) in [6, 6.07) is 6.88. The minimum atomic E-state index is -1.28. The minimum Gasteiger partial charge on any atom is -0.490 e. The second-order valence-corrected chi connectivity index (χ2v) is 8.25. The molecule has 158 valence electrons. The molecule has 1 aromatic rings. The third-order valence-electron chi connectivity index (χ3n) is 5.95. The van der Waals surface area contributed by atoms with Gasteiger partial charge < -0.3 is 14.6 Å². The van der Waals surface area contributed by atoms with Gasteiger partial charge in [0.05, 0.1) is 24.2 Å². The number of aliphatic carboxylic acids is 1. The van der Waals surface area contributed by atoms with Crippen molar-refractivity contribution in [2.45, 2.75) is 70.1 Å². The molecule has 0 spiro atoms. The van der Waals surface area contributed by atoms with Crippen LogP contribution in [0, 0.1) is 5.92 Å². The summed E-state index contributed by atoms with van der Waals surface area (Å²) in [4.78, 5) is 24.7. The van der Waals surface area contributed by atoms with Crippen LogP contribution in [0.25, 0.3) is 0 Å². The van der Waals surface area contributed by atoms with Gasteiger partial charge in [0, 0.05) is 18.8 Å². The van der Waals surface area contributed by atoms with Crippen molar-refractivity contribution in [1.82, 2.24) is 5.01 Å². The molecule has 1 saturated carbocycles. The first kappa shape index (κ1) is 21.1. The molecule has 0 aromatic heterocycles. The Kier molecular flexibility index (Phi) is 6.15. The van der Waals surface area contributed by atoms with Crippen molar-refractivity contribution in [3.8, 4) is 5.75 Å². The van der Waals surface area contributed by atoms with Crippen molar-refractivity contribution >= 4 is 18.2 Å². The molecule has 4 atom stereocenters. The number of carboxylic acids is 1. The molecule has 29 heavy (non-hydrogen) atoms. The third kappa shape index (κ3) is 4.09. The summed E-state index contributed by atoms with van der Waals surface area (Å²) < 4.78 is 11.7. The summed E-state index contributed by atoms with van der Waals surface area (Å²) in [5, 5.41) is 16.0. The number of hydrogen-bond donors (Lipinski definition) is 1. The fourth-order valence-electron chi connectivity index (χ4n) is 4.21. The molecule has 2 aliphatic rings. The molecule has 7 heteroatoms. The SMILES string of the molecule is CC(C)OC(=O)[C@H]1CCC[C@H](Oc2ccccc2C2(C(=O)O)C=NN(C)C2C)C1. The lowest BCUT2D eigenvalue weighted by Gasteiger charge is -2.33. The van der Waals surface area contributed by atoms with E-state index in [1.165, 1.54) is 6.21 Å². The second-order valence-electron chi connectivity index (χ2n) is 8.25. The lowest BCUT2D eigenvalue weighted by molar-refractivity contribution is -0.154. The van der Waals surface area contributed by atoms with Crippen LogP contribution in [0.15, 0.2) is 29.4 Å². The Bertz CT molecular complexity index is 793. The van der Waals surface area contributed by atoms with Crippen molar-refractivity contribution in [2.24, 2.45) is 11.0 Å². The van der Waals surface area contributed by atoms with Crippen LogP contribution in [0.4, 0.5) is 0 Å². The Morgan fingerprint density at radius 1 is 1.28 bits per heavy atom. The number of esters is 1. The van der Waals surface area contributed by atoms with Crippen LogP contribution < -0.4 is 4.74 Å². The van der Waals surface area contributed by atoms with E-state index in [1.807, 2.05) is 32.9 Å². The number of ether oxygens (including phenoxy) is 2. The van der Waals surface area contributed by atoms with Crippen LogP contribution in [0.3, 0.4) is 0 Å². The Morgan fingerprint density at radius 3 is 2.62 bits per heavy atom. The normalized spacial score (nSPS) is 29.1. The molecule has 0 bridgehead atoms. The lowest BCUT2D eigenvalue weighted by atomic mass is 9.76. The Morgan fingerprint density at radius 2 is 2.00 bits per heavy atom. The topological polar surface area (TPSA) is 88.4 Å². The first-order chi connectivity index (χ1) is 13.8. The van der Waals surface area contributed by atoms with Crippen LogP contribution in [-0.4, -0.2) is 53.6 Å². The highest BCUT2D eigenvalue weighted by molar-refractivity contribution is 6.03. The number of para-hydroxylation sites is 1. The summed E-state index contributed by atoms with van der Waals surface area (Å²) in [5.41, 5.74) is -0.698. The predicted molar refractivity (Wildman–Crippen MR) is 109 cm³/mol. The first-order valence-electron chi connectivity index (χ1n) is 10.2. The summed E-state index contributed by atoms with van der Waals surface area (Å²) >= 11 is 0. The van der Waals surface area contributed by atoms with E-state index in [2.05, 4.69) is 5.10 Å². The van der Waals surface area contributed by atoms with Crippen molar-refractivity contribution in [3.05, 3.63) is 29.8 Å². The number of likely N-dealkylation sites (N-methyl/N-ethyl adjacent to an activating group) is 1. The van der Waals surface area contributed by atoms with Gasteiger partial charge in [-0.15, -0.1) is 0 Å². The average Bonchev–Trinajstić information content (AvgIpc) is 2.98. The van der Waals surface area contributed by atoms with E-state index in [4.69, 9.17) is 9.47 Å². The van der Waals surface area contributed by atoms with Gasteiger partial charge in [-0.3, -0.25) is 14.6 Å². The van der Waals surface area contributed by atoms with Crippen molar-refractivity contribution in [3.63, 3.8) is 0 Å². The number of benzene rings is 1. The van der Waals surface area contributed by atoms with Gasteiger partial charge >= 0.3 is 11.9 Å². The monoisotopic (exact) mass is 402 g/mol. The first-order valence-corrected chi connectivity index (χ1v) is 10.2. The van der Waals surface area contributed by atoms with E-state index in [0.717, 1.165) is 19.3 Å². The number of nitrogens with zero attached hydrogens (tertiary/aromatic N) is 2. The Balaban J connectivity index is 1.84. The molecule has 1 N–H and O–H groups in total. The van der Waals surface area contributed by atoms with E-state index in [-0.39, 0.29) is 30.1 Å². The van der Waals surface area contributed by atoms with Crippen LogP contribution in [0.2, 0.25) is 0 Å². The molecule has 0 radical (unpaired) electrons. The van der Waals surface area contributed by atoms with E-state index in [1.54, 1.807) is 24.2 Å². The van der Waals surface area contributed by atoms with Crippen molar-refractivity contribution in [1.29, 1.82) is 0 Å². The van der Waals surface area contributed by atoms with E-state index in [9.17, 15) is 14.7 Å². The standard InChI is InChI=1S/C22H30N2O5/c1-14(2)28-20(25)16-8-7-9-17(12-16)29-19-11-6-5-10-18(19)22(21(26)27)13-23-24(4)15(22)3/h5-6,10-11,13-17H,7-9,12H2,1-4H3,(H,26,27)/t15?,16-,17-,22?/m0/s1. The molecule has 1 aromatic carbocycles. The summed E-state index contributed by atoms with van der Waals surface area (Å²) in [7, 11) is 1.77. The van der Waals surface area contributed by atoms with Crippen LogP contribution in [0.1, 0.15) is 52.0 Å². The van der Waals surface area contributed by atoms with Crippen LogP contribution >= 0.6 is 0 Å². The molecule has 7 nitrogen and oxygen atoms in total. The summed E-state index contributed by atoms with van der Waals surface area (Å²) in [6.45, 7) is 5.53. The van der Waals surface area contributed by atoms with Gasteiger partial charge in [-0.2, -0.15) is 5.10 Å². The molecule has 0 amide bonds. The van der Waals surface area contributed by atoms with E-state index < -0.39 is 11.4 Å². The van der Waals surface area contributed by atoms with Gasteiger partial charge in [0.15, 0.2) is 5.41 Å². The van der Waals surface area contributed by atoms with Gasteiger partial charge in [-0.1, -0.05) is 18.2 Å². The van der Waals surface area contributed by atoms with Gasteiger partial charge in [0.1, 0.15) is 5.75 Å². The van der Waals surface area contributed by atoms with Crippen molar-refractivity contribution < 1.29 is 24.2 Å². The molecule has 3 rings (SSSR count). The highest BCUT2D eigenvalue weighted by Gasteiger charge is 2.51.